The lowest BCUT2D eigenvalue weighted by atomic mass is 10.0. The Balaban J connectivity index is 1.35. The predicted molar refractivity (Wildman–Crippen MR) is 145 cm³/mol. The molecule has 0 bridgehead atoms. The number of anilines is 1. The van der Waals surface area contributed by atoms with Gasteiger partial charge in [0, 0.05) is 29.4 Å². The molecule has 0 spiro atoms. The molecule has 4 aromatic rings. The van der Waals surface area contributed by atoms with Gasteiger partial charge < -0.3 is 14.6 Å². The average molecular weight is 500 g/mol. The molecule has 7 heteroatoms. The monoisotopic (exact) mass is 499 g/mol. The standard InChI is InChI=1S/C29H29N3O3S/c1-3-17-32-21-30-19-26(32)20-36(34)28-14-10-25(11-15-28)31-29(33)16-7-22-5-4-6-24(18-22)23-8-12-27(35-2)13-9-23/h4-16,18-19,21H,3,17,20H2,1-2H3,(H,31,33)/b16-7+/t36-/m1/s1. The molecule has 0 fully saturated rings. The van der Waals surface area contributed by atoms with Gasteiger partial charge in [-0.3, -0.25) is 9.00 Å². The number of methoxy groups -OCH3 is 1. The van der Waals surface area contributed by atoms with Gasteiger partial charge in [0.2, 0.25) is 5.91 Å². The second-order valence-electron chi connectivity index (χ2n) is 8.27. The molecule has 0 aliphatic heterocycles. The van der Waals surface area contributed by atoms with Crippen LogP contribution in [0.2, 0.25) is 0 Å². The molecule has 1 atom stereocenters. The molecule has 1 N–H and O–H groups in total. The summed E-state index contributed by atoms with van der Waals surface area (Å²) < 4.78 is 20.0. The van der Waals surface area contributed by atoms with Crippen LogP contribution in [-0.2, 0) is 27.9 Å². The van der Waals surface area contributed by atoms with E-state index in [1.165, 1.54) is 6.08 Å². The van der Waals surface area contributed by atoms with Crippen molar-refractivity contribution in [2.24, 2.45) is 0 Å². The van der Waals surface area contributed by atoms with E-state index >= 15 is 0 Å². The van der Waals surface area contributed by atoms with Gasteiger partial charge in [-0.1, -0.05) is 37.3 Å². The van der Waals surface area contributed by atoms with E-state index in [-0.39, 0.29) is 5.91 Å². The molecule has 1 amide bonds. The lowest BCUT2D eigenvalue weighted by Crippen LogP contribution is -2.08. The third kappa shape index (κ3) is 6.58. The first-order valence-corrected chi connectivity index (χ1v) is 13.1. The first kappa shape index (κ1) is 25.1. The van der Waals surface area contributed by atoms with Crippen molar-refractivity contribution in [3.8, 4) is 16.9 Å². The maximum Gasteiger partial charge on any atom is 0.248 e. The number of nitrogens with zero attached hydrogens (tertiary/aromatic N) is 2. The van der Waals surface area contributed by atoms with Crippen molar-refractivity contribution in [1.29, 1.82) is 0 Å². The Hall–Kier alpha value is -3.97. The van der Waals surface area contributed by atoms with Crippen molar-refractivity contribution in [2.45, 2.75) is 30.5 Å². The number of imidazole rings is 1. The summed E-state index contributed by atoms with van der Waals surface area (Å²) in [5, 5.41) is 2.86. The minimum Gasteiger partial charge on any atom is -0.497 e. The van der Waals surface area contributed by atoms with Crippen LogP contribution in [0, 0.1) is 0 Å². The largest absolute Gasteiger partial charge is 0.497 e. The number of nitrogens with one attached hydrogen (secondary N) is 1. The van der Waals surface area contributed by atoms with E-state index in [1.807, 2.05) is 53.1 Å². The fourth-order valence-electron chi connectivity index (χ4n) is 3.78. The number of hydrogen-bond donors (Lipinski definition) is 1. The second kappa shape index (κ2) is 12.1. The lowest BCUT2D eigenvalue weighted by molar-refractivity contribution is -0.111. The zero-order valence-corrected chi connectivity index (χ0v) is 21.2. The van der Waals surface area contributed by atoms with Crippen LogP contribution < -0.4 is 10.1 Å². The molecule has 0 saturated carbocycles. The Labute approximate surface area is 214 Å². The minimum atomic E-state index is -1.19. The lowest BCUT2D eigenvalue weighted by Gasteiger charge is -2.08. The van der Waals surface area contributed by atoms with Gasteiger partial charge in [0.1, 0.15) is 5.75 Å². The summed E-state index contributed by atoms with van der Waals surface area (Å²) in [6, 6.07) is 22.9. The van der Waals surface area contributed by atoms with Crippen molar-refractivity contribution in [3.63, 3.8) is 0 Å². The highest BCUT2D eigenvalue weighted by atomic mass is 32.2. The van der Waals surface area contributed by atoms with Gasteiger partial charge in [-0.25, -0.2) is 4.98 Å². The normalized spacial score (nSPS) is 11.9. The summed E-state index contributed by atoms with van der Waals surface area (Å²) in [4.78, 5) is 17.3. The number of rotatable bonds is 10. The topological polar surface area (TPSA) is 73.2 Å². The van der Waals surface area contributed by atoms with Crippen molar-refractivity contribution < 1.29 is 13.7 Å². The fourth-order valence-corrected chi connectivity index (χ4v) is 4.89. The van der Waals surface area contributed by atoms with E-state index in [0.29, 0.717) is 16.3 Å². The SMILES string of the molecule is CCCn1cncc1C[S@@](=O)c1ccc(NC(=O)/C=C/c2cccc(-c3ccc(OC)cc3)c2)cc1. The van der Waals surface area contributed by atoms with Gasteiger partial charge in [-0.15, -0.1) is 0 Å². The minimum absolute atomic E-state index is 0.234. The number of ether oxygens (including phenoxy) is 1. The molecule has 4 rings (SSSR count). The predicted octanol–water partition coefficient (Wildman–Crippen LogP) is 5.93. The molecule has 3 aromatic carbocycles. The molecule has 0 unspecified atom stereocenters. The molecule has 0 saturated heterocycles. The first-order valence-electron chi connectivity index (χ1n) is 11.8. The molecule has 0 aliphatic carbocycles. The van der Waals surface area contributed by atoms with Gasteiger partial charge in [-0.2, -0.15) is 0 Å². The number of carbonyl (C=O) groups is 1. The van der Waals surface area contributed by atoms with Crippen LogP contribution in [0.3, 0.4) is 0 Å². The zero-order chi connectivity index (χ0) is 25.3. The van der Waals surface area contributed by atoms with Gasteiger partial charge in [0.05, 0.1) is 35.7 Å². The van der Waals surface area contributed by atoms with Gasteiger partial charge in [0.15, 0.2) is 0 Å². The summed E-state index contributed by atoms with van der Waals surface area (Å²) in [7, 11) is 0.455. The Morgan fingerprint density at radius 2 is 1.83 bits per heavy atom. The van der Waals surface area contributed by atoms with Crippen LogP contribution in [0.25, 0.3) is 17.2 Å². The molecule has 1 aromatic heterocycles. The van der Waals surface area contributed by atoms with Crippen LogP contribution in [-0.4, -0.2) is 26.8 Å². The number of benzene rings is 3. The van der Waals surface area contributed by atoms with Gasteiger partial charge in [0.25, 0.3) is 0 Å². The highest BCUT2D eigenvalue weighted by Gasteiger charge is 2.10. The summed E-state index contributed by atoms with van der Waals surface area (Å²) in [5.41, 5.74) is 4.65. The third-order valence-electron chi connectivity index (χ3n) is 5.66. The summed E-state index contributed by atoms with van der Waals surface area (Å²) in [6.07, 6.45) is 7.82. The quantitative estimate of drug-likeness (QED) is 0.275. The Morgan fingerprint density at radius 3 is 2.56 bits per heavy atom. The number of aromatic nitrogens is 2. The molecule has 184 valence electrons. The van der Waals surface area contributed by atoms with E-state index in [4.69, 9.17) is 4.74 Å². The van der Waals surface area contributed by atoms with Crippen molar-refractivity contribution in [1.82, 2.24) is 9.55 Å². The van der Waals surface area contributed by atoms with Crippen LogP contribution >= 0.6 is 0 Å². The zero-order valence-electron chi connectivity index (χ0n) is 20.4. The number of hydrogen-bond acceptors (Lipinski definition) is 4. The molecular formula is C29H29N3O3S. The molecular weight excluding hydrogens is 470 g/mol. The third-order valence-corrected chi connectivity index (χ3v) is 7.02. The van der Waals surface area contributed by atoms with Crippen LogP contribution in [0.15, 0.2) is 96.3 Å². The second-order valence-corrected chi connectivity index (χ2v) is 9.72. The van der Waals surface area contributed by atoms with Crippen molar-refractivity contribution in [3.05, 3.63) is 103 Å². The number of amides is 1. The van der Waals surface area contributed by atoms with E-state index < -0.39 is 10.8 Å². The first-order chi connectivity index (χ1) is 17.6. The van der Waals surface area contributed by atoms with Gasteiger partial charge >= 0.3 is 0 Å². The summed E-state index contributed by atoms with van der Waals surface area (Å²) in [5.74, 6) is 0.983. The van der Waals surface area contributed by atoms with E-state index in [9.17, 15) is 9.00 Å². The van der Waals surface area contributed by atoms with Gasteiger partial charge in [-0.05, 0) is 71.7 Å². The highest BCUT2D eigenvalue weighted by Crippen LogP contribution is 2.24. The van der Waals surface area contributed by atoms with Crippen molar-refractivity contribution >= 4 is 28.5 Å². The van der Waals surface area contributed by atoms with E-state index in [2.05, 4.69) is 17.2 Å². The number of aryl methyl sites for hydroxylation is 1. The Morgan fingerprint density at radius 1 is 1.06 bits per heavy atom. The summed E-state index contributed by atoms with van der Waals surface area (Å²) >= 11 is 0. The summed E-state index contributed by atoms with van der Waals surface area (Å²) in [6.45, 7) is 2.96. The fraction of sp³-hybridized carbons (Fsp3) is 0.172. The Kier molecular flexibility index (Phi) is 8.47. The maximum absolute atomic E-state index is 12.8. The number of carbonyl (C=O) groups excluding carboxylic acids is 1. The highest BCUT2D eigenvalue weighted by molar-refractivity contribution is 7.84. The molecule has 0 aliphatic rings. The van der Waals surface area contributed by atoms with Crippen LogP contribution in [0.4, 0.5) is 5.69 Å². The molecule has 0 radical (unpaired) electrons. The van der Waals surface area contributed by atoms with Crippen LogP contribution in [0.1, 0.15) is 24.6 Å². The molecule has 6 nitrogen and oxygen atoms in total. The Bertz CT molecular complexity index is 1360. The molecule has 1 heterocycles. The van der Waals surface area contributed by atoms with Crippen LogP contribution in [0.5, 0.6) is 5.75 Å². The van der Waals surface area contributed by atoms with E-state index in [1.54, 1.807) is 50.0 Å². The maximum atomic E-state index is 12.8. The van der Waals surface area contributed by atoms with E-state index in [0.717, 1.165) is 41.1 Å². The van der Waals surface area contributed by atoms with Crippen molar-refractivity contribution in [2.75, 3.05) is 12.4 Å². The average Bonchev–Trinajstić information content (AvgIpc) is 3.34. The smallest absolute Gasteiger partial charge is 0.248 e. The molecule has 36 heavy (non-hydrogen) atoms.